The molecular formula is C11H11ClN4O4S. The van der Waals surface area contributed by atoms with E-state index >= 15 is 0 Å². The molecule has 0 amide bonds. The summed E-state index contributed by atoms with van der Waals surface area (Å²) < 4.78 is 28.1. The highest BCUT2D eigenvalue weighted by molar-refractivity contribution is 7.92. The van der Waals surface area contributed by atoms with Crippen molar-refractivity contribution in [2.24, 2.45) is 7.05 Å². The molecule has 1 aromatic heterocycles. The van der Waals surface area contributed by atoms with E-state index in [0.717, 1.165) is 6.07 Å². The number of nitro benzene ring substituents is 1. The van der Waals surface area contributed by atoms with Gasteiger partial charge in [0.05, 0.1) is 15.5 Å². The zero-order chi connectivity index (χ0) is 15.8. The van der Waals surface area contributed by atoms with Gasteiger partial charge in [-0.15, -0.1) is 0 Å². The van der Waals surface area contributed by atoms with Crippen LogP contribution in [0.2, 0.25) is 5.02 Å². The van der Waals surface area contributed by atoms with E-state index in [0.29, 0.717) is 5.69 Å². The minimum absolute atomic E-state index is 0.129. The number of halogens is 1. The van der Waals surface area contributed by atoms with Crippen LogP contribution in [0, 0.1) is 17.0 Å². The van der Waals surface area contributed by atoms with Gasteiger partial charge in [0.1, 0.15) is 10.8 Å². The van der Waals surface area contributed by atoms with Crippen LogP contribution in [0.5, 0.6) is 0 Å². The van der Waals surface area contributed by atoms with Crippen molar-refractivity contribution in [1.82, 2.24) is 9.78 Å². The van der Waals surface area contributed by atoms with Crippen LogP contribution >= 0.6 is 11.6 Å². The lowest BCUT2D eigenvalue weighted by molar-refractivity contribution is -0.384. The van der Waals surface area contributed by atoms with E-state index in [2.05, 4.69) is 9.82 Å². The number of anilines is 1. The third kappa shape index (κ3) is 3.14. The number of aromatic nitrogens is 2. The molecule has 0 aliphatic rings. The summed E-state index contributed by atoms with van der Waals surface area (Å²) in [7, 11) is -2.39. The third-order valence-electron chi connectivity index (χ3n) is 2.67. The zero-order valence-electron chi connectivity index (χ0n) is 11.1. The number of nitrogens with one attached hydrogen (secondary N) is 1. The van der Waals surface area contributed by atoms with Gasteiger partial charge in [0, 0.05) is 19.2 Å². The second-order valence-electron chi connectivity index (χ2n) is 4.27. The molecule has 0 radical (unpaired) electrons. The molecule has 2 rings (SSSR count). The molecule has 0 spiro atoms. The fourth-order valence-electron chi connectivity index (χ4n) is 1.70. The number of rotatable bonds is 4. The Labute approximate surface area is 125 Å². The Bertz CT molecular complexity index is 816. The van der Waals surface area contributed by atoms with Crippen molar-refractivity contribution in [2.45, 2.75) is 11.8 Å². The normalized spacial score (nSPS) is 11.4. The Kier molecular flexibility index (Phi) is 3.88. The number of benzene rings is 1. The summed E-state index contributed by atoms with van der Waals surface area (Å²) >= 11 is 5.66. The van der Waals surface area contributed by atoms with Gasteiger partial charge in [0.15, 0.2) is 0 Å². The van der Waals surface area contributed by atoms with Crippen LogP contribution in [-0.4, -0.2) is 23.1 Å². The summed E-state index contributed by atoms with van der Waals surface area (Å²) in [6, 6.07) is 4.82. The van der Waals surface area contributed by atoms with Crippen molar-refractivity contribution in [1.29, 1.82) is 0 Å². The summed E-state index contributed by atoms with van der Waals surface area (Å²) in [5.41, 5.74) is 0.165. The second kappa shape index (κ2) is 5.34. The number of hydrogen-bond donors (Lipinski definition) is 1. The summed E-state index contributed by atoms with van der Waals surface area (Å²) in [6.07, 6.45) is 0. The van der Waals surface area contributed by atoms with Gasteiger partial charge in [0.25, 0.3) is 15.7 Å². The van der Waals surface area contributed by atoms with Gasteiger partial charge >= 0.3 is 0 Å². The number of hydrogen-bond acceptors (Lipinski definition) is 5. The predicted molar refractivity (Wildman–Crippen MR) is 76.9 cm³/mol. The Morgan fingerprint density at radius 2 is 2.05 bits per heavy atom. The first-order valence-electron chi connectivity index (χ1n) is 5.68. The minimum atomic E-state index is -3.97. The molecule has 0 bridgehead atoms. The largest absolute Gasteiger partial charge is 0.289 e. The predicted octanol–water partition coefficient (Wildman–Crippen LogP) is 2.09. The van der Waals surface area contributed by atoms with Gasteiger partial charge in [-0.2, -0.15) is 5.10 Å². The van der Waals surface area contributed by atoms with Gasteiger partial charge in [-0.25, -0.2) is 8.42 Å². The lowest BCUT2D eigenvalue weighted by atomic mass is 10.3. The minimum Gasteiger partial charge on any atom is -0.264 e. The van der Waals surface area contributed by atoms with E-state index in [9.17, 15) is 18.5 Å². The van der Waals surface area contributed by atoms with E-state index in [-0.39, 0.29) is 15.7 Å². The van der Waals surface area contributed by atoms with E-state index in [1.165, 1.54) is 16.8 Å². The van der Waals surface area contributed by atoms with Crippen molar-refractivity contribution >= 4 is 33.1 Å². The molecule has 0 saturated carbocycles. The van der Waals surface area contributed by atoms with Gasteiger partial charge in [-0.1, -0.05) is 11.6 Å². The standard InChI is InChI=1S/C11H11ClN4O4S/c1-7-5-11(15(2)13-7)14-21(19,20)8-3-4-9(12)10(6-8)16(17)18/h3-6,14H,1-2H3. The summed E-state index contributed by atoms with van der Waals surface area (Å²) in [5.74, 6) is 0.255. The maximum absolute atomic E-state index is 12.2. The molecule has 2 aromatic rings. The highest BCUT2D eigenvalue weighted by Gasteiger charge is 2.21. The van der Waals surface area contributed by atoms with E-state index in [1.54, 1.807) is 20.0 Å². The van der Waals surface area contributed by atoms with E-state index < -0.39 is 20.6 Å². The Morgan fingerprint density at radius 1 is 1.38 bits per heavy atom. The number of nitrogens with zero attached hydrogens (tertiary/aromatic N) is 3. The average Bonchev–Trinajstić information content (AvgIpc) is 2.66. The lowest BCUT2D eigenvalue weighted by Crippen LogP contribution is -2.15. The maximum Gasteiger partial charge on any atom is 0.289 e. The van der Waals surface area contributed by atoms with Crippen LogP contribution in [0.3, 0.4) is 0 Å². The molecule has 1 N–H and O–H groups in total. The van der Waals surface area contributed by atoms with Crippen LogP contribution < -0.4 is 4.72 Å². The smallest absolute Gasteiger partial charge is 0.264 e. The molecule has 0 aliphatic heterocycles. The number of sulfonamides is 1. The van der Waals surface area contributed by atoms with Crippen molar-refractivity contribution < 1.29 is 13.3 Å². The van der Waals surface area contributed by atoms with Gasteiger partial charge in [0.2, 0.25) is 0 Å². The highest BCUT2D eigenvalue weighted by atomic mass is 35.5. The van der Waals surface area contributed by atoms with Gasteiger partial charge < -0.3 is 0 Å². The Hall–Kier alpha value is -2.13. The van der Waals surface area contributed by atoms with Crippen LogP contribution in [0.1, 0.15) is 5.69 Å². The van der Waals surface area contributed by atoms with Gasteiger partial charge in [-0.3, -0.25) is 19.5 Å². The van der Waals surface area contributed by atoms with Crippen molar-refractivity contribution in [3.63, 3.8) is 0 Å². The number of nitro groups is 1. The van der Waals surface area contributed by atoms with Crippen LogP contribution in [0.25, 0.3) is 0 Å². The van der Waals surface area contributed by atoms with Crippen LogP contribution in [-0.2, 0) is 17.1 Å². The first-order valence-corrected chi connectivity index (χ1v) is 7.54. The Morgan fingerprint density at radius 3 is 2.57 bits per heavy atom. The maximum atomic E-state index is 12.2. The van der Waals surface area contributed by atoms with Crippen molar-refractivity contribution in [2.75, 3.05) is 4.72 Å². The van der Waals surface area contributed by atoms with Crippen molar-refractivity contribution in [3.8, 4) is 0 Å². The molecule has 0 fully saturated rings. The number of aryl methyl sites for hydroxylation is 2. The fraction of sp³-hybridized carbons (Fsp3) is 0.182. The molecule has 1 aromatic carbocycles. The Balaban J connectivity index is 2.42. The molecule has 0 atom stereocenters. The van der Waals surface area contributed by atoms with Crippen LogP contribution in [0.4, 0.5) is 11.5 Å². The fourth-order valence-corrected chi connectivity index (χ4v) is 2.99. The van der Waals surface area contributed by atoms with Gasteiger partial charge in [-0.05, 0) is 19.1 Å². The molecule has 8 nitrogen and oxygen atoms in total. The quantitative estimate of drug-likeness (QED) is 0.682. The third-order valence-corrected chi connectivity index (χ3v) is 4.34. The molecule has 1 heterocycles. The van der Waals surface area contributed by atoms with E-state index in [4.69, 9.17) is 11.6 Å². The zero-order valence-corrected chi connectivity index (χ0v) is 12.6. The summed E-state index contributed by atoms with van der Waals surface area (Å²) in [5, 5.41) is 14.7. The molecule has 0 saturated heterocycles. The summed E-state index contributed by atoms with van der Waals surface area (Å²) in [6.45, 7) is 1.71. The summed E-state index contributed by atoms with van der Waals surface area (Å²) in [4.78, 5) is 9.82. The highest BCUT2D eigenvalue weighted by Crippen LogP contribution is 2.28. The molecule has 0 aliphatic carbocycles. The first kappa shape index (κ1) is 15.3. The molecule has 21 heavy (non-hydrogen) atoms. The molecule has 112 valence electrons. The van der Waals surface area contributed by atoms with Crippen molar-refractivity contribution in [3.05, 3.63) is 45.1 Å². The molecule has 0 unspecified atom stereocenters. The molecular weight excluding hydrogens is 320 g/mol. The monoisotopic (exact) mass is 330 g/mol. The topological polar surface area (TPSA) is 107 Å². The SMILES string of the molecule is Cc1cc(NS(=O)(=O)c2ccc(Cl)c([N+](=O)[O-])c2)n(C)n1. The second-order valence-corrected chi connectivity index (χ2v) is 6.36. The van der Waals surface area contributed by atoms with E-state index in [1.807, 2.05) is 0 Å². The molecule has 10 heteroatoms. The van der Waals surface area contributed by atoms with Crippen LogP contribution in [0.15, 0.2) is 29.2 Å². The first-order chi connectivity index (χ1) is 9.70. The lowest BCUT2D eigenvalue weighted by Gasteiger charge is -2.08. The average molecular weight is 331 g/mol.